The maximum absolute atomic E-state index is 12.1. The molecule has 3 N–H and O–H groups in total. The van der Waals surface area contributed by atoms with Gasteiger partial charge in [0.15, 0.2) is 11.5 Å². The highest BCUT2D eigenvalue weighted by atomic mass is 35.5. The lowest BCUT2D eigenvalue weighted by molar-refractivity contribution is 0.0956. The third-order valence-electron chi connectivity index (χ3n) is 3.21. The first-order chi connectivity index (χ1) is 12.1. The van der Waals surface area contributed by atoms with Gasteiger partial charge < -0.3 is 15.2 Å². The van der Waals surface area contributed by atoms with Crippen LogP contribution in [0.4, 0.5) is 5.69 Å². The zero-order valence-electron chi connectivity index (χ0n) is 14.1. The topological polar surface area (TPSA) is 85.9 Å². The molecule has 0 fully saturated rings. The van der Waals surface area contributed by atoms with Crippen LogP contribution >= 0.6 is 11.6 Å². The van der Waals surface area contributed by atoms with E-state index in [9.17, 15) is 4.79 Å². The Morgan fingerprint density at radius 2 is 1.96 bits per heavy atom. The van der Waals surface area contributed by atoms with Crippen LogP contribution in [0.25, 0.3) is 0 Å². The van der Waals surface area contributed by atoms with Crippen LogP contribution < -0.4 is 20.6 Å². The lowest BCUT2D eigenvalue weighted by Crippen LogP contribution is -2.19. The molecule has 0 aliphatic carbocycles. The number of carbonyl (C=O) groups is 1. The number of anilines is 1. The van der Waals surface area contributed by atoms with Gasteiger partial charge in [-0.15, -0.1) is 0 Å². The molecule has 2 aromatic rings. The summed E-state index contributed by atoms with van der Waals surface area (Å²) < 4.78 is 11.1. The van der Waals surface area contributed by atoms with E-state index in [1.165, 1.54) is 6.21 Å². The lowest BCUT2D eigenvalue weighted by Gasteiger charge is -2.13. The standard InChI is InChI=1S/C18H20ClN3O3/c1-3-24-16-10-12(9-14(19)17(16)25-4-2)11-21-22-18(23)13-7-5-6-8-15(13)20/h5-11H,3-4,20H2,1-2H3,(H,22,23)/b21-11-. The summed E-state index contributed by atoms with van der Waals surface area (Å²) in [5.41, 5.74) is 9.61. The SMILES string of the molecule is CCOc1cc(/C=N\NC(=O)c2ccccc2N)cc(Cl)c1OCC. The average Bonchev–Trinajstić information content (AvgIpc) is 2.58. The number of nitrogens with one attached hydrogen (secondary N) is 1. The largest absolute Gasteiger partial charge is 0.490 e. The predicted molar refractivity (Wildman–Crippen MR) is 99.7 cm³/mol. The van der Waals surface area contributed by atoms with Crippen molar-refractivity contribution in [3.63, 3.8) is 0 Å². The van der Waals surface area contributed by atoms with Crippen molar-refractivity contribution < 1.29 is 14.3 Å². The Kier molecular flexibility index (Phi) is 6.65. The molecule has 0 atom stereocenters. The fraction of sp³-hybridized carbons (Fsp3) is 0.222. The zero-order chi connectivity index (χ0) is 18.2. The smallest absolute Gasteiger partial charge is 0.273 e. The summed E-state index contributed by atoms with van der Waals surface area (Å²) in [6.07, 6.45) is 1.47. The highest BCUT2D eigenvalue weighted by Gasteiger charge is 2.12. The molecule has 132 valence electrons. The maximum atomic E-state index is 12.1. The monoisotopic (exact) mass is 361 g/mol. The number of hydrogen-bond donors (Lipinski definition) is 2. The number of amides is 1. The van der Waals surface area contributed by atoms with E-state index < -0.39 is 5.91 Å². The molecule has 6 nitrogen and oxygen atoms in total. The number of benzene rings is 2. The molecule has 0 spiro atoms. The van der Waals surface area contributed by atoms with E-state index in [0.29, 0.717) is 46.5 Å². The van der Waals surface area contributed by atoms with E-state index >= 15 is 0 Å². The van der Waals surface area contributed by atoms with Crippen molar-refractivity contribution in [3.8, 4) is 11.5 Å². The van der Waals surface area contributed by atoms with Gasteiger partial charge in [0.05, 0.1) is 30.0 Å². The molecule has 0 aliphatic rings. The fourth-order valence-electron chi connectivity index (χ4n) is 2.14. The number of hydrogen-bond acceptors (Lipinski definition) is 5. The molecule has 0 bridgehead atoms. The van der Waals surface area contributed by atoms with Crippen molar-refractivity contribution in [1.82, 2.24) is 5.43 Å². The Morgan fingerprint density at radius 1 is 1.24 bits per heavy atom. The van der Waals surface area contributed by atoms with E-state index in [1.54, 1.807) is 36.4 Å². The number of rotatable bonds is 7. The van der Waals surface area contributed by atoms with Gasteiger partial charge in [0.2, 0.25) is 0 Å². The molecule has 0 saturated carbocycles. The number of nitrogen functional groups attached to an aromatic ring is 1. The average molecular weight is 362 g/mol. The van der Waals surface area contributed by atoms with Crippen LogP contribution in [-0.2, 0) is 0 Å². The summed E-state index contributed by atoms with van der Waals surface area (Å²) in [6.45, 7) is 4.68. The summed E-state index contributed by atoms with van der Waals surface area (Å²) in [5, 5.41) is 4.35. The molecule has 0 saturated heterocycles. The molecule has 1 amide bonds. The highest BCUT2D eigenvalue weighted by Crippen LogP contribution is 2.36. The number of carbonyl (C=O) groups excluding carboxylic acids is 1. The quantitative estimate of drug-likeness (QED) is 0.449. The van der Waals surface area contributed by atoms with Gasteiger partial charge in [0, 0.05) is 5.69 Å². The number of halogens is 1. The summed E-state index contributed by atoms with van der Waals surface area (Å²) in [6, 6.07) is 10.2. The van der Waals surface area contributed by atoms with Crippen LogP contribution in [-0.4, -0.2) is 25.3 Å². The van der Waals surface area contributed by atoms with Gasteiger partial charge in [-0.3, -0.25) is 4.79 Å². The number of hydrazone groups is 1. The summed E-state index contributed by atoms with van der Waals surface area (Å²) in [4.78, 5) is 12.1. The first kappa shape index (κ1) is 18.6. The van der Waals surface area contributed by atoms with Crippen molar-refractivity contribution in [2.75, 3.05) is 18.9 Å². The zero-order valence-corrected chi connectivity index (χ0v) is 14.8. The van der Waals surface area contributed by atoms with Crippen LogP contribution in [0.1, 0.15) is 29.8 Å². The predicted octanol–water partition coefficient (Wildman–Crippen LogP) is 3.48. The third kappa shape index (κ3) is 4.87. The molecular weight excluding hydrogens is 342 g/mol. The van der Waals surface area contributed by atoms with Crippen molar-refractivity contribution in [3.05, 3.63) is 52.5 Å². The van der Waals surface area contributed by atoms with Crippen LogP contribution in [0.15, 0.2) is 41.5 Å². The van der Waals surface area contributed by atoms with Gasteiger partial charge in [-0.05, 0) is 43.7 Å². The molecule has 0 heterocycles. The lowest BCUT2D eigenvalue weighted by atomic mass is 10.2. The number of para-hydroxylation sites is 1. The number of ether oxygens (including phenoxy) is 2. The first-order valence-electron chi connectivity index (χ1n) is 7.83. The van der Waals surface area contributed by atoms with Gasteiger partial charge in [-0.2, -0.15) is 5.10 Å². The van der Waals surface area contributed by atoms with Crippen LogP contribution in [0.3, 0.4) is 0 Å². The van der Waals surface area contributed by atoms with Crippen molar-refractivity contribution in [2.45, 2.75) is 13.8 Å². The first-order valence-corrected chi connectivity index (χ1v) is 8.21. The number of nitrogens with two attached hydrogens (primary N) is 1. The minimum atomic E-state index is -0.392. The Morgan fingerprint density at radius 3 is 2.64 bits per heavy atom. The summed E-state index contributed by atoms with van der Waals surface area (Å²) in [5.74, 6) is 0.623. The molecule has 2 aromatic carbocycles. The van der Waals surface area contributed by atoms with E-state index in [1.807, 2.05) is 13.8 Å². The summed E-state index contributed by atoms with van der Waals surface area (Å²) in [7, 11) is 0. The Hall–Kier alpha value is -2.73. The minimum absolute atomic E-state index is 0.361. The van der Waals surface area contributed by atoms with Crippen LogP contribution in [0.2, 0.25) is 5.02 Å². The molecule has 7 heteroatoms. The Balaban J connectivity index is 2.15. The van der Waals surface area contributed by atoms with E-state index in [-0.39, 0.29) is 0 Å². The maximum Gasteiger partial charge on any atom is 0.273 e. The van der Waals surface area contributed by atoms with Crippen molar-refractivity contribution in [1.29, 1.82) is 0 Å². The van der Waals surface area contributed by atoms with E-state index in [2.05, 4.69) is 10.5 Å². The van der Waals surface area contributed by atoms with Gasteiger partial charge in [0.1, 0.15) is 0 Å². The van der Waals surface area contributed by atoms with Gasteiger partial charge in [-0.25, -0.2) is 5.43 Å². The fourth-order valence-corrected chi connectivity index (χ4v) is 2.41. The molecule has 0 radical (unpaired) electrons. The van der Waals surface area contributed by atoms with E-state index in [0.717, 1.165) is 0 Å². The molecule has 25 heavy (non-hydrogen) atoms. The second kappa shape index (κ2) is 8.94. The second-order valence-corrected chi connectivity index (χ2v) is 5.39. The molecule has 0 aromatic heterocycles. The molecule has 2 rings (SSSR count). The highest BCUT2D eigenvalue weighted by molar-refractivity contribution is 6.32. The normalized spacial score (nSPS) is 10.7. The van der Waals surface area contributed by atoms with Gasteiger partial charge in [0.25, 0.3) is 5.91 Å². The van der Waals surface area contributed by atoms with Crippen molar-refractivity contribution in [2.24, 2.45) is 5.10 Å². The summed E-state index contributed by atoms with van der Waals surface area (Å²) >= 11 is 6.24. The third-order valence-corrected chi connectivity index (χ3v) is 3.49. The second-order valence-electron chi connectivity index (χ2n) is 4.98. The van der Waals surface area contributed by atoms with Gasteiger partial charge in [-0.1, -0.05) is 23.7 Å². The van der Waals surface area contributed by atoms with Gasteiger partial charge >= 0.3 is 0 Å². The molecular formula is C18H20ClN3O3. The minimum Gasteiger partial charge on any atom is -0.490 e. The van der Waals surface area contributed by atoms with Crippen LogP contribution in [0, 0.1) is 0 Å². The van der Waals surface area contributed by atoms with E-state index in [4.69, 9.17) is 26.8 Å². The van der Waals surface area contributed by atoms with Crippen LogP contribution in [0.5, 0.6) is 11.5 Å². The Labute approximate surface area is 151 Å². The molecule has 0 aliphatic heterocycles. The van der Waals surface area contributed by atoms with Crippen molar-refractivity contribution >= 4 is 29.4 Å². The Bertz CT molecular complexity index is 778. The molecule has 0 unspecified atom stereocenters. The number of nitrogens with zero attached hydrogens (tertiary/aromatic N) is 1.